The molecule has 0 radical (unpaired) electrons. The number of hydrogen-bond donors (Lipinski definition) is 2. The number of amides is 1. The fourth-order valence-electron chi connectivity index (χ4n) is 1.29. The number of hydrazine groups is 1. The molecule has 1 rings (SSSR count). The van der Waals surface area contributed by atoms with Crippen LogP contribution in [0.1, 0.15) is 5.56 Å². The second-order valence-corrected chi connectivity index (χ2v) is 3.81. The number of carbonyl (C=O) groups excluding carboxylic acids is 1. The van der Waals surface area contributed by atoms with Gasteiger partial charge in [0.25, 0.3) is 0 Å². The molecule has 0 atom stereocenters. The van der Waals surface area contributed by atoms with E-state index in [4.69, 9.17) is 17.4 Å². The average molecular weight is 228 g/mol. The van der Waals surface area contributed by atoms with Crippen LogP contribution < -0.4 is 11.3 Å². The lowest BCUT2D eigenvalue weighted by molar-refractivity contribution is -0.122. The molecule has 0 spiro atoms. The Bertz CT molecular complexity index is 343. The van der Waals surface area contributed by atoms with E-state index in [1.807, 2.05) is 36.2 Å². The third-order valence-corrected chi connectivity index (χ3v) is 2.15. The van der Waals surface area contributed by atoms with Crippen molar-refractivity contribution >= 4 is 17.5 Å². The van der Waals surface area contributed by atoms with Crippen molar-refractivity contribution in [3.63, 3.8) is 0 Å². The summed E-state index contributed by atoms with van der Waals surface area (Å²) < 4.78 is 0. The summed E-state index contributed by atoms with van der Waals surface area (Å²) in [7, 11) is 1.84. The molecule has 0 saturated heterocycles. The lowest BCUT2D eigenvalue weighted by atomic mass is 10.2. The van der Waals surface area contributed by atoms with Gasteiger partial charge in [0.05, 0.1) is 6.54 Å². The van der Waals surface area contributed by atoms with E-state index in [0.29, 0.717) is 11.6 Å². The predicted octanol–water partition coefficient (Wildman–Crippen LogP) is 0.762. The van der Waals surface area contributed by atoms with Gasteiger partial charge in [-0.3, -0.25) is 15.1 Å². The Kier molecular flexibility index (Phi) is 4.55. The van der Waals surface area contributed by atoms with E-state index in [0.717, 1.165) is 5.56 Å². The molecule has 1 aromatic carbocycles. The highest BCUT2D eigenvalue weighted by molar-refractivity contribution is 6.30. The lowest BCUT2D eigenvalue weighted by Gasteiger charge is -2.15. The zero-order valence-corrected chi connectivity index (χ0v) is 9.29. The van der Waals surface area contributed by atoms with Crippen molar-refractivity contribution in [1.29, 1.82) is 0 Å². The first kappa shape index (κ1) is 12.0. The minimum atomic E-state index is -0.209. The van der Waals surface area contributed by atoms with Crippen molar-refractivity contribution in [1.82, 2.24) is 10.3 Å². The second-order valence-electron chi connectivity index (χ2n) is 3.37. The van der Waals surface area contributed by atoms with Gasteiger partial charge in [0, 0.05) is 11.6 Å². The molecule has 0 unspecified atom stereocenters. The van der Waals surface area contributed by atoms with Crippen LogP contribution in [0.2, 0.25) is 5.02 Å². The van der Waals surface area contributed by atoms with Gasteiger partial charge >= 0.3 is 0 Å². The largest absolute Gasteiger partial charge is 0.293 e. The quantitative estimate of drug-likeness (QED) is 0.454. The van der Waals surface area contributed by atoms with E-state index in [1.165, 1.54) is 0 Å². The van der Waals surface area contributed by atoms with E-state index < -0.39 is 0 Å². The molecule has 1 amide bonds. The summed E-state index contributed by atoms with van der Waals surface area (Å²) in [5.74, 6) is 4.78. The van der Waals surface area contributed by atoms with Crippen molar-refractivity contribution in [3.05, 3.63) is 34.9 Å². The number of likely N-dealkylation sites (N-methyl/N-ethyl adjacent to an activating group) is 1. The Morgan fingerprint density at radius 1 is 1.60 bits per heavy atom. The van der Waals surface area contributed by atoms with Crippen LogP contribution in [-0.2, 0) is 11.3 Å². The number of nitrogens with one attached hydrogen (secondary N) is 1. The van der Waals surface area contributed by atoms with Crippen molar-refractivity contribution in [2.75, 3.05) is 13.6 Å². The molecular weight excluding hydrogens is 214 g/mol. The first-order chi connectivity index (χ1) is 7.11. The third-order valence-electron chi connectivity index (χ3n) is 1.92. The molecule has 0 bridgehead atoms. The maximum absolute atomic E-state index is 11.0. The Hall–Kier alpha value is -1.10. The summed E-state index contributed by atoms with van der Waals surface area (Å²) in [5, 5.41) is 0.698. The van der Waals surface area contributed by atoms with Crippen LogP contribution in [0.15, 0.2) is 24.3 Å². The highest BCUT2D eigenvalue weighted by Crippen LogP contribution is 2.11. The van der Waals surface area contributed by atoms with Crippen molar-refractivity contribution in [2.45, 2.75) is 6.54 Å². The number of halogens is 1. The Balaban J connectivity index is 2.51. The summed E-state index contributed by atoms with van der Waals surface area (Å²) in [4.78, 5) is 12.8. The van der Waals surface area contributed by atoms with E-state index in [9.17, 15) is 4.79 Å². The molecule has 0 heterocycles. The van der Waals surface area contributed by atoms with Crippen LogP contribution in [0.4, 0.5) is 0 Å². The zero-order chi connectivity index (χ0) is 11.3. The SMILES string of the molecule is CN(CC(=O)NN)Cc1cccc(Cl)c1. The summed E-state index contributed by atoms with van der Waals surface area (Å²) in [6.45, 7) is 0.928. The van der Waals surface area contributed by atoms with Gasteiger partial charge in [-0.1, -0.05) is 23.7 Å². The lowest BCUT2D eigenvalue weighted by Crippen LogP contribution is -2.38. The minimum Gasteiger partial charge on any atom is -0.293 e. The molecule has 15 heavy (non-hydrogen) atoms. The molecule has 1 aromatic rings. The Morgan fingerprint density at radius 3 is 2.93 bits per heavy atom. The first-order valence-electron chi connectivity index (χ1n) is 4.54. The molecule has 0 aliphatic heterocycles. The molecular formula is C10H14ClN3O. The molecule has 4 nitrogen and oxygen atoms in total. The highest BCUT2D eigenvalue weighted by atomic mass is 35.5. The monoisotopic (exact) mass is 227 g/mol. The van der Waals surface area contributed by atoms with Crippen LogP contribution in [0.5, 0.6) is 0 Å². The summed E-state index contributed by atoms with van der Waals surface area (Å²) >= 11 is 5.84. The number of benzene rings is 1. The molecule has 0 aromatic heterocycles. The van der Waals surface area contributed by atoms with E-state index in [-0.39, 0.29) is 12.5 Å². The molecule has 3 N–H and O–H groups in total. The maximum atomic E-state index is 11.0. The molecule has 82 valence electrons. The molecule has 0 aliphatic rings. The van der Waals surface area contributed by atoms with Gasteiger partial charge in [-0.15, -0.1) is 0 Å². The average Bonchev–Trinajstić information content (AvgIpc) is 2.17. The first-order valence-corrected chi connectivity index (χ1v) is 4.92. The third kappa shape index (κ3) is 4.29. The number of hydrogen-bond acceptors (Lipinski definition) is 3. The topological polar surface area (TPSA) is 58.4 Å². The molecule has 0 aliphatic carbocycles. The molecule has 0 fully saturated rings. The van der Waals surface area contributed by atoms with Crippen LogP contribution >= 0.6 is 11.6 Å². The molecule has 0 saturated carbocycles. The van der Waals surface area contributed by atoms with Gasteiger partial charge in [0.15, 0.2) is 0 Å². The Labute approximate surface area is 94.0 Å². The summed E-state index contributed by atoms with van der Waals surface area (Å²) in [6, 6.07) is 7.54. The van der Waals surface area contributed by atoms with E-state index in [2.05, 4.69) is 5.43 Å². The van der Waals surface area contributed by atoms with Crippen molar-refractivity contribution < 1.29 is 4.79 Å². The number of rotatable bonds is 4. The molecule has 5 heteroatoms. The van der Waals surface area contributed by atoms with Crippen molar-refractivity contribution in [3.8, 4) is 0 Å². The van der Waals surface area contributed by atoms with Gasteiger partial charge in [0.2, 0.25) is 5.91 Å². The normalized spacial score (nSPS) is 10.4. The zero-order valence-electron chi connectivity index (χ0n) is 8.53. The fraction of sp³-hybridized carbons (Fsp3) is 0.300. The minimum absolute atomic E-state index is 0.209. The van der Waals surface area contributed by atoms with Gasteiger partial charge in [-0.05, 0) is 24.7 Å². The maximum Gasteiger partial charge on any atom is 0.248 e. The number of carbonyl (C=O) groups is 1. The van der Waals surface area contributed by atoms with Crippen LogP contribution in [0.25, 0.3) is 0 Å². The predicted molar refractivity (Wildman–Crippen MR) is 60.1 cm³/mol. The van der Waals surface area contributed by atoms with Gasteiger partial charge in [-0.2, -0.15) is 0 Å². The smallest absolute Gasteiger partial charge is 0.248 e. The standard InChI is InChI=1S/C10H14ClN3O/c1-14(7-10(15)13-12)6-8-3-2-4-9(11)5-8/h2-5H,6-7,12H2,1H3,(H,13,15). The highest BCUT2D eigenvalue weighted by Gasteiger charge is 2.05. The van der Waals surface area contributed by atoms with E-state index >= 15 is 0 Å². The second kappa shape index (κ2) is 5.70. The van der Waals surface area contributed by atoms with Crippen LogP contribution in [-0.4, -0.2) is 24.4 Å². The Morgan fingerprint density at radius 2 is 2.33 bits per heavy atom. The summed E-state index contributed by atoms with van der Waals surface area (Å²) in [5.41, 5.74) is 3.15. The number of nitrogens with two attached hydrogens (primary N) is 1. The van der Waals surface area contributed by atoms with Crippen LogP contribution in [0.3, 0.4) is 0 Å². The fourth-order valence-corrected chi connectivity index (χ4v) is 1.51. The van der Waals surface area contributed by atoms with Crippen LogP contribution in [0, 0.1) is 0 Å². The van der Waals surface area contributed by atoms with Gasteiger partial charge in [-0.25, -0.2) is 5.84 Å². The van der Waals surface area contributed by atoms with Gasteiger partial charge in [0.1, 0.15) is 0 Å². The van der Waals surface area contributed by atoms with Gasteiger partial charge < -0.3 is 0 Å². The summed E-state index contributed by atoms with van der Waals surface area (Å²) in [6.07, 6.45) is 0. The van der Waals surface area contributed by atoms with Crippen molar-refractivity contribution in [2.24, 2.45) is 5.84 Å². The van der Waals surface area contributed by atoms with E-state index in [1.54, 1.807) is 0 Å². The number of nitrogens with zero attached hydrogens (tertiary/aromatic N) is 1.